The zero-order chi connectivity index (χ0) is 18.2. The maximum Gasteiger partial charge on any atom is 0.222 e. The van der Waals surface area contributed by atoms with Crippen LogP contribution < -0.4 is 9.47 Å². The molecule has 0 heterocycles. The third-order valence-electron chi connectivity index (χ3n) is 3.26. The zero-order valence-corrected chi connectivity index (χ0v) is 15.2. The summed E-state index contributed by atoms with van der Waals surface area (Å²) in [5.74, 6) is 1.44. The Morgan fingerprint density at radius 1 is 0.846 bits per heavy atom. The molecule has 0 amide bonds. The van der Waals surface area contributed by atoms with E-state index in [4.69, 9.17) is 32.7 Å². The van der Waals surface area contributed by atoms with E-state index in [0.29, 0.717) is 27.4 Å². The third-order valence-corrected chi connectivity index (χ3v) is 3.81. The number of hydrogen-bond donors (Lipinski definition) is 0. The van der Waals surface area contributed by atoms with Gasteiger partial charge in [0, 0.05) is 17.2 Å². The molecule has 0 aliphatic carbocycles. The van der Waals surface area contributed by atoms with Gasteiger partial charge in [-0.05, 0) is 36.4 Å². The summed E-state index contributed by atoms with van der Waals surface area (Å²) < 4.78 is 11.4. The minimum absolute atomic E-state index is 0.316. The number of rotatable bonds is 5. The fraction of sp³-hybridized carbons (Fsp3) is 0. The summed E-state index contributed by atoms with van der Waals surface area (Å²) in [6, 6.07) is 23.9. The third kappa shape index (κ3) is 5.38. The highest BCUT2D eigenvalue weighted by Crippen LogP contribution is 2.28. The lowest BCUT2D eigenvalue weighted by Gasteiger charge is -2.08. The van der Waals surface area contributed by atoms with Crippen LogP contribution in [0.25, 0.3) is 0 Å². The molecule has 3 nitrogen and oxygen atoms in total. The summed E-state index contributed by atoms with van der Waals surface area (Å²) in [5.41, 5.74) is 0.741. The second-order valence-electron chi connectivity index (χ2n) is 5.20. The summed E-state index contributed by atoms with van der Waals surface area (Å²) in [7, 11) is 0. The van der Waals surface area contributed by atoms with E-state index in [-0.39, 0.29) is 0 Å². The van der Waals surface area contributed by atoms with Gasteiger partial charge in [-0.25, -0.2) is 4.99 Å². The molecule has 3 aromatic carbocycles. The van der Waals surface area contributed by atoms with Crippen molar-refractivity contribution in [2.45, 2.75) is 0 Å². The van der Waals surface area contributed by atoms with E-state index < -0.39 is 0 Å². The highest BCUT2D eigenvalue weighted by atomic mass is 35.5. The summed E-state index contributed by atoms with van der Waals surface area (Å²) in [4.78, 5) is 4.48. The van der Waals surface area contributed by atoms with Gasteiger partial charge in [0.25, 0.3) is 0 Å². The van der Waals surface area contributed by atoms with Crippen LogP contribution in [0.1, 0.15) is 0 Å². The lowest BCUT2D eigenvalue weighted by Crippen LogP contribution is -2.05. The van der Waals surface area contributed by atoms with Crippen LogP contribution in [-0.4, -0.2) is 5.90 Å². The monoisotopic (exact) mass is 383 g/mol. The number of benzene rings is 3. The van der Waals surface area contributed by atoms with Crippen LogP contribution in [0.2, 0.25) is 10.0 Å². The summed E-state index contributed by atoms with van der Waals surface area (Å²) in [5, 5.41) is 0.959. The van der Waals surface area contributed by atoms with Crippen molar-refractivity contribution in [2.75, 3.05) is 0 Å². The first-order valence-corrected chi connectivity index (χ1v) is 8.61. The van der Waals surface area contributed by atoms with E-state index in [1.165, 1.54) is 6.26 Å². The summed E-state index contributed by atoms with van der Waals surface area (Å²) >= 11 is 12.2. The van der Waals surface area contributed by atoms with Crippen LogP contribution in [0.3, 0.4) is 0 Å². The van der Waals surface area contributed by atoms with E-state index in [1.807, 2.05) is 60.7 Å². The van der Waals surface area contributed by atoms with Crippen LogP contribution in [0.15, 0.2) is 96.2 Å². The maximum atomic E-state index is 6.18. The van der Waals surface area contributed by atoms with Crippen LogP contribution in [0, 0.1) is 0 Å². The van der Waals surface area contributed by atoms with Crippen LogP contribution in [-0.2, 0) is 0 Å². The first-order chi connectivity index (χ1) is 12.7. The van der Waals surface area contributed by atoms with Crippen LogP contribution in [0.5, 0.6) is 11.5 Å². The van der Waals surface area contributed by atoms with Crippen molar-refractivity contribution in [3.8, 4) is 11.5 Å². The Kier molecular flexibility index (Phi) is 6.31. The molecule has 3 aromatic rings. The van der Waals surface area contributed by atoms with E-state index in [2.05, 4.69) is 4.99 Å². The molecule has 0 unspecified atom stereocenters. The van der Waals surface area contributed by atoms with E-state index in [1.54, 1.807) is 24.3 Å². The molecule has 0 N–H and O–H groups in total. The largest absolute Gasteiger partial charge is 0.465 e. The smallest absolute Gasteiger partial charge is 0.222 e. The lowest BCUT2D eigenvalue weighted by atomic mass is 10.3. The highest BCUT2D eigenvalue weighted by Gasteiger charge is 2.06. The van der Waals surface area contributed by atoms with Gasteiger partial charge in [-0.2, -0.15) is 0 Å². The normalized spacial score (nSPS) is 11.5. The predicted molar refractivity (Wildman–Crippen MR) is 107 cm³/mol. The maximum absolute atomic E-state index is 6.18. The second-order valence-corrected chi connectivity index (χ2v) is 6.04. The molecule has 3 rings (SSSR count). The number of nitrogens with zero attached hydrogens (tertiary/aromatic N) is 1. The molecule has 0 spiro atoms. The molecule has 0 fully saturated rings. The summed E-state index contributed by atoms with van der Waals surface area (Å²) in [6.45, 7) is 0. The van der Waals surface area contributed by atoms with Crippen molar-refractivity contribution in [3.05, 3.63) is 101 Å². The fourth-order valence-corrected chi connectivity index (χ4v) is 2.38. The van der Waals surface area contributed by atoms with Crippen LogP contribution in [0.4, 0.5) is 5.69 Å². The minimum atomic E-state index is 0.316. The molecule has 130 valence electrons. The molecule has 0 saturated carbocycles. The molecule has 26 heavy (non-hydrogen) atoms. The van der Waals surface area contributed by atoms with Gasteiger partial charge < -0.3 is 9.47 Å². The topological polar surface area (TPSA) is 30.8 Å². The number of ether oxygens (including phenoxy) is 2. The van der Waals surface area contributed by atoms with Gasteiger partial charge in [0.15, 0.2) is 0 Å². The van der Waals surface area contributed by atoms with Gasteiger partial charge in [0.1, 0.15) is 11.5 Å². The molecule has 0 saturated heterocycles. The number of halogens is 2. The first kappa shape index (κ1) is 18.1. The second kappa shape index (κ2) is 9.09. The SMILES string of the molecule is Clc1ccc(Cl)c(OC(/C=C/Oc2ccccc2)=Nc2ccccc2)c1. The Hall–Kier alpha value is -2.75. The van der Waals surface area contributed by atoms with Gasteiger partial charge in [0.05, 0.1) is 17.0 Å². The average molecular weight is 384 g/mol. The quantitative estimate of drug-likeness (QED) is 0.279. The van der Waals surface area contributed by atoms with E-state index in [9.17, 15) is 0 Å². The molecule has 0 atom stereocenters. The molecule has 0 aromatic heterocycles. The lowest BCUT2D eigenvalue weighted by molar-refractivity contribution is 0.479. The molecular formula is C21H15Cl2NO2. The fourth-order valence-electron chi connectivity index (χ4n) is 2.06. The van der Waals surface area contributed by atoms with Crippen molar-refractivity contribution in [3.63, 3.8) is 0 Å². The van der Waals surface area contributed by atoms with Crippen LogP contribution >= 0.6 is 23.2 Å². The van der Waals surface area contributed by atoms with Crippen molar-refractivity contribution in [1.82, 2.24) is 0 Å². The van der Waals surface area contributed by atoms with Crippen molar-refractivity contribution in [2.24, 2.45) is 4.99 Å². The number of para-hydroxylation sites is 2. The average Bonchev–Trinajstić information content (AvgIpc) is 2.66. The van der Waals surface area contributed by atoms with Crippen molar-refractivity contribution < 1.29 is 9.47 Å². The van der Waals surface area contributed by atoms with Gasteiger partial charge in [-0.15, -0.1) is 0 Å². The Bertz CT molecular complexity index is 910. The zero-order valence-electron chi connectivity index (χ0n) is 13.7. The standard InChI is InChI=1S/C21H15Cl2NO2/c22-16-11-12-19(23)20(15-16)26-21(24-17-7-3-1-4-8-17)13-14-25-18-9-5-2-6-10-18/h1-15H/b14-13+,24-21?. The van der Waals surface area contributed by atoms with Gasteiger partial charge in [0.2, 0.25) is 5.90 Å². The molecule has 0 bridgehead atoms. The van der Waals surface area contributed by atoms with E-state index >= 15 is 0 Å². The first-order valence-electron chi connectivity index (χ1n) is 7.85. The predicted octanol–water partition coefficient (Wildman–Crippen LogP) is 6.70. The van der Waals surface area contributed by atoms with E-state index in [0.717, 1.165) is 5.69 Å². The Morgan fingerprint density at radius 3 is 2.27 bits per heavy atom. The van der Waals surface area contributed by atoms with Gasteiger partial charge in [-0.3, -0.25) is 0 Å². The Morgan fingerprint density at radius 2 is 1.54 bits per heavy atom. The van der Waals surface area contributed by atoms with Crippen molar-refractivity contribution in [1.29, 1.82) is 0 Å². The molecule has 0 radical (unpaired) electrons. The van der Waals surface area contributed by atoms with Gasteiger partial charge in [-0.1, -0.05) is 59.6 Å². The number of aliphatic imine (C=N–C) groups is 1. The Labute approximate surface area is 162 Å². The molecule has 0 aliphatic heterocycles. The highest BCUT2D eigenvalue weighted by molar-refractivity contribution is 6.34. The molecular weight excluding hydrogens is 369 g/mol. The molecule has 0 aliphatic rings. The number of hydrogen-bond acceptors (Lipinski definition) is 3. The Balaban J connectivity index is 1.84. The molecule has 5 heteroatoms. The van der Waals surface area contributed by atoms with Gasteiger partial charge >= 0.3 is 0 Å². The van der Waals surface area contributed by atoms with Crippen molar-refractivity contribution >= 4 is 34.8 Å². The summed E-state index contributed by atoms with van der Waals surface area (Å²) in [6.07, 6.45) is 3.13. The minimum Gasteiger partial charge on any atom is -0.465 e.